The molecule has 0 aromatic heterocycles. The monoisotopic (exact) mass is 504 g/mol. The molecule has 0 aliphatic heterocycles. The van der Waals surface area contributed by atoms with Gasteiger partial charge >= 0.3 is 66.9 Å². The number of allylic oxidation sites excluding steroid dienone is 3. The van der Waals surface area contributed by atoms with E-state index in [0.717, 1.165) is 0 Å². The standard InChI is InChI=1S/C12H11O2S.3CO.F6P.Fe/c13-15(14,11-7-3-1-4-8-11)12-9-5-2-6-10-12;3*1-2;1-7(2,3,4,5)6;/h1-9H,10H2;;;;;/q;;;;-1;. The second kappa shape index (κ2) is 13.6. The first-order valence-corrected chi connectivity index (χ1v) is 9.84. The fourth-order valence-corrected chi connectivity index (χ4v) is 2.84. The summed E-state index contributed by atoms with van der Waals surface area (Å²) in [7, 11) is -13.9. The fraction of sp³-hybridized carbons (Fsp3) is 0.0667. The summed E-state index contributed by atoms with van der Waals surface area (Å²) < 4.78 is 106. The fourth-order valence-electron chi connectivity index (χ4n) is 1.44. The number of sulfone groups is 1. The molecule has 0 atom stereocenters. The van der Waals surface area contributed by atoms with Gasteiger partial charge in [0.15, 0.2) is 9.84 Å². The molecule has 1 aliphatic carbocycles. The van der Waals surface area contributed by atoms with Crippen LogP contribution in [-0.4, -0.2) is 8.42 Å². The van der Waals surface area contributed by atoms with Crippen molar-refractivity contribution in [1.29, 1.82) is 0 Å². The molecule has 14 heteroatoms. The van der Waals surface area contributed by atoms with E-state index in [0.29, 0.717) is 16.6 Å². The average molecular weight is 504 g/mol. The van der Waals surface area contributed by atoms with Gasteiger partial charge < -0.3 is 0 Å². The van der Waals surface area contributed by atoms with E-state index in [2.05, 4.69) is 20.0 Å². The van der Waals surface area contributed by atoms with Crippen LogP contribution in [-0.2, 0) is 40.9 Å². The van der Waals surface area contributed by atoms with Gasteiger partial charge in [-0.25, -0.2) is 8.42 Å². The first-order valence-electron chi connectivity index (χ1n) is 6.33. The van der Waals surface area contributed by atoms with Crippen molar-refractivity contribution < 1.29 is 64.6 Å². The maximum Gasteiger partial charge on any atom is 0 e. The van der Waals surface area contributed by atoms with Crippen molar-refractivity contribution in [3.05, 3.63) is 79.8 Å². The SMILES string of the molecule is F[P-](F)(F)(F)(F)F.O=S(=O)([C]1C=CC=CC1)c1ccccc1.[C-]#[O+].[C-]#[O+].[C-]#[O+].[Fe]. The van der Waals surface area contributed by atoms with Crippen LogP contribution >= 0.6 is 7.81 Å². The van der Waals surface area contributed by atoms with Crippen molar-refractivity contribution in [2.45, 2.75) is 11.3 Å². The molecule has 1 aliphatic rings. The molecule has 1 radical (unpaired) electrons. The van der Waals surface area contributed by atoms with Gasteiger partial charge in [-0.15, -0.1) is 0 Å². The van der Waals surface area contributed by atoms with Gasteiger partial charge in [-0.1, -0.05) is 42.5 Å². The molecule has 1 aromatic carbocycles. The second-order valence-electron chi connectivity index (χ2n) is 4.23. The zero-order chi connectivity index (χ0) is 23.1. The van der Waals surface area contributed by atoms with Gasteiger partial charge in [-0.05, 0) is 18.6 Å². The predicted molar refractivity (Wildman–Crippen MR) is 85.1 cm³/mol. The summed E-state index contributed by atoms with van der Waals surface area (Å²) in [6, 6.07) is 8.51. The third kappa shape index (κ3) is 22.6. The van der Waals surface area contributed by atoms with Crippen LogP contribution < -0.4 is 0 Å². The summed E-state index contributed by atoms with van der Waals surface area (Å²) in [6.07, 6.45) is 7.58. The third-order valence-corrected chi connectivity index (χ3v) is 4.13. The smallest absolute Gasteiger partial charge is 0 e. The van der Waals surface area contributed by atoms with Gasteiger partial charge in [0.25, 0.3) is 0 Å². The van der Waals surface area contributed by atoms with Crippen LogP contribution in [0.2, 0.25) is 0 Å². The van der Waals surface area contributed by atoms with Crippen molar-refractivity contribution in [2.75, 3.05) is 0 Å². The van der Waals surface area contributed by atoms with Gasteiger partial charge in [0.2, 0.25) is 0 Å². The molecule has 0 fully saturated rings. The van der Waals surface area contributed by atoms with E-state index in [1.165, 1.54) is 0 Å². The Labute approximate surface area is 173 Å². The molecule has 0 saturated carbocycles. The van der Waals surface area contributed by atoms with E-state index in [4.69, 9.17) is 14.0 Å². The Balaban J connectivity index is -0.000000191. The van der Waals surface area contributed by atoms with Crippen LogP contribution in [0.1, 0.15) is 6.42 Å². The van der Waals surface area contributed by atoms with Gasteiger partial charge in [-0.3, -0.25) is 0 Å². The van der Waals surface area contributed by atoms with Crippen molar-refractivity contribution in [3.8, 4) is 0 Å². The maximum absolute atomic E-state index is 12.1. The summed E-state index contributed by atoms with van der Waals surface area (Å²) >= 11 is 0. The maximum atomic E-state index is 12.1. The van der Waals surface area contributed by atoms with E-state index in [-0.39, 0.29) is 17.1 Å². The molecule has 163 valence electrons. The molecule has 5 nitrogen and oxygen atoms in total. The van der Waals surface area contributed by atoms with E-state index >= 15 is 0 Å². The molecule has 1 aromatic rings. The van der Waals surface area contributed by atoms with Crippen LogP contribution in [0.4, 0.5) is 25.2 Å². The van der Waals surface area contributed by atoms with Crippen molar-refractivity contribution in [1.82, 2.24) is 0 Å². The quantitative estimate of drug-likeness (QED) is 0.168. The largest absolute Gasteiger partial charge is 0 e. The molecule has 0 bridgehead atoms. The number of hydrogen-bond donors (Lipinski definition) is 0. The third-order valence-electron chi connectivity index (χ3n) is 2.25. The van der Waals surface area contributed by atoms with E-state index in [1.54, 1.807) is 42.5 Å². The van der Waals surface area contributed by atoms with E-state index in [1.807, 2.05) is 12.2 Å². The number of rotatable bonds is 2. The molecule has 0 unspecified atom stereocenters. The molecule has 2 rings (SSSR count). The van der Waals surface area contributed by atoms with Crippen LogP contribution in [0.5, 0.6) is 0 Å². The Morgan fingerprint density at radius 1 is 0.793 bits per heavy atom. The Kier molecular flexibility index (Phi) is 16.3. The molecular formula is C15H11F6FeO5PS-. The topological polar surface area (TPSA) is 93.8 Å². The molecule has 0 saturated heterocycles. The van der Waals surface area contributed by atoms with Gasteiger partial charge in [0.05, 0.1) is 4.90 Å². The first-order chi connectivity index (χ1) is 12.7. The molecule has 0 spiro atoms. The second-order valence-corrected chi connectivity index (χ2v) is 8.15. The van der Waals surface area contributed by atoms with Gasteiger partial charge in [0.1, 0.15) is 5.25 Å². The molecule has 0 N–H and O–H groups in total. The van der Waals surface area contributed by atoms with Gasteiger partial charge in [0, 0.05) is 17.1 Å². The van der Waals surface area contributed by atoms with Gasteiger partial charge in [-0.2, -0.15) is 0 Å². The summed E-state index contributed by atoms with van der Waals surface area (Å²) in [5, 5.41) is 0.455. The number of hydrogen-bond acceptors (Lipinski definition) is 2. The molecule has 0 amide bonds. The summed E-state index contributed by atoms with van der Waals surface area (Å²) in [4.78, 5) is 0.361. The summed E-state index contributed by atoms with van der Waals surface area (Å²) in [6.45, 7) is 13.5. The zero-order valence-corrected chi connectivity index (χ0v) is 16.7. The number of halogens is 6. The summed E-state index contributed by atoms with van der Waals surface area (Å²) in [5.41, 5.74) is 0. The van der Waals surface area contributed by atoms with E-state index < -0.39 is 17.6 Å². The molecule has 0 heterocycles. The predicted octanol–water partition coefficient (Wildman–Crippen LogP) is 5.78. The molecule has 29 heavy (non-hydrogen) atoms. The van der Waals surface area contributed by atoms with Crippen molar-refractivity contribution in [2.24, 2.45) is 0 Å². The molecular weight excluding hydrogens is 493 g/mol. The average Bonchev–Trinajstić information content (AvgIpc) is 2.65. The minimum Gasteiger partial charge on any atom is 0 e. The van der Waals surface area contributed by atoms with Crippen molar-refractivity contribution >= 4 is 17.6 Å². The first kappa shape index (κ1) is 34.9. The van der Waals surface area contributed by atoms with E-state index in [9.17, 15) is 33.6 Å². The zero-order valence-electron chi connectivity index (χ0n) is 13.9. The van der Waals surface area contributed by atoms with Crippen LogP contribution in [0.15, 0.2) is 59.5 Å². The minimum absolute atomic E-state index is 0. The minimum atomic E-state index is -10.7. The Morgan fingerprint density at radius 2 is 1.17 bits per heavy atom. The normalized spacial score (nSPS) is 14.5. The number of benzene rings is 1. The van der Waals surface area contributed by atoms with Crippen LogP contribution in [0, 0.1) is 25.2 Å². The van der Waals surface area contributed by atoms with Crippen LogP contribution in [0.3, 0.4) is 0 Å². The Morgan fingerprint density at radius 3 is 1.48 bits per heavy atom. The van der Waals surface area contributed by atoms with Crippen LogP contribution in [0.25, 0.3) is 0 Å². The summed E-state index contributed by atoms with van der Waals surface area (Å²) in [5.74, 6) is 0. The van der Waals surface area contributed by atoms with Crippen molar-refractivity contribution in [3.63, 3.8) is 0 Å². The Bertz CT molecular complexity index is 790. The Hall–Kier alpha value is -1.60.